The highest BCUT2D eigenvalue weighted by atomic mass is 16.5. The molecule has 2 aromatic rings. The molecule has 0 spiro atoms. The van der Waals surface area contributed by atoms with Gasteiger partial charge in [-0.05, 0) is 51.8 Å². The van der Waals surface area contributed by atoms with E-state index in [0.717, 1.165) is 12.0 Å². The monoisotopic (exact) mass is 385 g/mol. The summed E-state index contributed by atoms with van der Waals surface area (Å²) in [6.45, 7) is 7.56. The first-order chi connectivity index (χ1) is 13.3. The van der Waals surface area contributed by atoms with E-state index >= 15 is 0 Å². The van der Waals surface area contributed by atoms with Crippen LogP contribution in [-0.4, -0.2) is 24.9 Å². The molecule has 6 heteroatoms. The van der Waals surface area contributed by atoms with Gasteiger partial charge >= 0.3 is 0 Å². The second-order valence-electron chi connectivity index (χ2n) is 7.40. The van der Waals surface area contributed by atoms with E-state index in [9.17, 15) is 9.59 Å². The lowest BCUT2D eigenvalue weighted by Crippen LogP contribution is -2.27. The number of hydrogen-bond acceptors (Lipinski definition) is 5. The molecule has 0 bridgehead atoms. The molecule has 1 atom stereocenters. The SMILES string of the molecule is COc1cc(C(C)NC(=O)c2oc3c(c2C)C(=O)CCC3)ccc1OC(C)C. The molecule has 28 heavy (non-hydrogen) atoms. The first-order valence-corrected chi connectivity index (χ1v) is 9.62. The number of nitrogens with one attached hydrogen (secondary N) is 1. The Hall–Kier alpha value is -2.76. The first-order valence-electron chi connectivity index (χ1n) is 9.62. The lowest BCUT2D eigenvalue weighted by Gasteiger charge is -2.18. The van der Waals surface area contributed by atoms with E-state index in [0.29, 0.717) is 41.2 Å². The Labute approximate surface area is 165 Å². The molecule has 1 aromatic carbocycles. The molecule has 1 amide bonds. The summed E-state index contributed by atoms with van der Waals surface area (Å²) in [4.78, 5) is 24.9. The van der Waals surface area contributed by atoms with E-state index < -0.39 is 0 Å². The van der Waals surface area contributed by atoms with Gasteiger partial charge < -0.3 is 19.2 Å². The van der Waals surface area contributed by atoms with Gasteiger partial charge in [-0.25, -0.2) is 0 Å². The number of Topliss-reactive ketones (excluding diaryl/α,β-unsaturated/α-hetero) is 1. The van der Waals surface area contributed by atoms with Crippen LogP contribution in [0.5, 0.6) is 11.5 Å². The number of hydrogen-bond donors (Lipinski definition) is 1. The largest absolute Gasteiger partial charge is 0.493 e. The van der Waals surface area contributed by atoms with Gasteiger partial charge in [0.25, 0.3) is 5.91 Å². The number of methoxy groups -OCH3 is 1. The number of ketones is 1. The van der Waals surface area contributed by atoms with Crippen molar-refractivity contribution in [3.8, 4) is 11.5 Å². The Morgan fingerprint density at radius 1 is 1.18 bits per heavy atom. The molecular formula is C22H27NO5. The maximum absolute atomic E-state index is 12.8. The second kappa shape index (κ2) is 8.09. The van der Waals surface area contributed by atoms with Crippen molar-refractivity contribution in [1.29, 1.82) is 0 Å². The number of benzene rings is 1. The standard InChI is InChI=1S/C22H27NO5/c1-12(2)27-17-10-9-15(11-19(17)26-5)14(4)23-22(25)21-13(3)20-16(24)7-6-8-18(20)28-21/h9-12,14H,6-8H2,1-5H3,(H,23,25). The van der Waals surface area contributed by atoms with E-state index in [-0.39, 0.29) is 29.6 Å². The van der Waals surface area contributed by atoms with Crippen molar-refractivity contribution in [2.24, 2.45) is 0 Å². The van der Waals surface area contributed by atoms with Gasteiger partial charge in [0.1, 0.15) is 5.76 Å². The van der Waals surface area contributed by atoms with Gasteiger partial charge in [0.15, 0.2) is 23.0 Å². The summed E-state index contributed by atoms with van der Waals surface area (Å²) in [5.74, 6) is 1.85. The Bertz CT molecular complexity index is 897. The van der Waals surface area contributed by atoms with Crippen LogP contribution in [0.1, 0.15) is 77.5 Å². The highest BCUT2D eigenvalue weighted by Crippen LogP contribution is 2.32. The predicted octanol–water partition coefficient (Wildman–Crippen LogP) is 4.39. The molecule has 0 aliphatic heterocycles. The minimum absolute atomic E-state index is 0.0348. The Morgan fingerprint density at radius 2 is 1.93 bits per heavy atom. The highest BCUT2D eigenvalue weighted by Gasteiger charge is 2.29. The van der Waals surface area contributed by atoms with Gasteiger partial charge in [0.05, 0.1) is 24.8 Å². The number of carbonyl (C=O) groups excluding carboxylic acids is 2. The molecule has 0 saturated carbocycles. The average Bonchev–Trinajstić information content (AvgIpc) is 2.99. The minimum Gasteiger partial charge on any atom is -0.493 e. The second-order valence-corrected chi connectivity index (χ2v) is 7.40. The molecule has 0 saturated heterocycles. The van der Waals surface area contributed by atoms with E-state index in [1.54, 1.807) is 14.0 Å². The predicted molar refractivity (Wildman–Crippen MR) is 105 cm³/mol. The van der Waals surface area contributed by atoms with Crippen LogP contribution in [0.15, 0.2) is 22.6 Å². The topological polar surface area (TPSA) is 77.8 Å². The summed E-state index contributed by atoms with van der Waals surface area (Å²) < 4.78 is 16.9. The fraction of sp³-hybridized carbons (Fsp3) is 0.455. The molecule has 1 N–H and O–H groups in total. The molecule has 1 heterocycles. The summed E-state index contributed by atoms with van der Waals surface area (Å²) in [5, 5.41) is 2.95. The summed E-state index contributed by atoms with van der Waals surface area (Å²) >= 11 is 0. The van der Waals surface area contributed by atoms with Crippen molar-refractivity contribution in [3.05, 3.63) is 46.4 Å². The molecule has 0 radical (unpaired) electrons. The highest BCUT2D eigenvalue weighted by molar-refractivity contribution is 6.03. The van der Waals surface area contributed by atoms with E-state index in [2.05, 4.69) is 5.32 Å². The van der Waals surface area contributed by atoms with Crippen molar-refractivity contribution >= 4 is 11.7 Å². The zero-order valence-electron chi connectivity index (χ0n) is 17.0. The van der Waals surface area contributed by atoms with Crippen molar-refractivity contribution in [1.82, 2.24) is 5.32 Å². The van der Waals surface area contributed by atoms with Crippen LogP contribution in [0.4, 0.5) is 0 Å². The number of furan rings is 1. The minimum atomic E-state index is -0.325. The van der Waals surface area contributed by atoms with E-state index in [4.69, 9.17) is 13.9 Å². The summed E-state index contributed by atoms with van der Waals surface area (Å²) in [7, 11) is 1.59. The third-order valence-corrected chi connectivity index (χ3v) is 4.91. The summed E-state index contributed by atoms with van der Waals surface area (Å²) in [6, 6.07) is 5.32. The average molecular weight is 385 g/mol. The number of fused-ring (bicyclic) bond motifs is 1. The van der Waals surface area contributed by atoms with Gasteiger partial charge in [0, 0.05) is 18.4 Å². The fourth-order valence-electron chi connectivity index (χ4n) is 3.52. The smallest absolute Gasteiger partial charge is 0.287 e. The fourth-order valence-corrected chi connectivity index (χ4v) is 3.52. The zero-order chi connectivity index (χ0) is 20.4. The van der Waals surface area contributed by atoms with Crippen LogP contribution >= 0.6 is 0 Å². The van der Waals surface area contributed by atoms with Crippen molar-refractivity contribution in [3.63, 3.8) is 0 Å². The molecule has 1 unspecified atom stereocenters. The van der Waals surface area contributed by atoms with Gasteiger partial charge in [-0.15, -0.1) is 0 Å². The van der Waals surface area contributed by atoms with Gasteiger partial charge in [0.2, 0.25) is 0 Å². The molecule has 0 fully saturated rings. The number of rotatable bonds is 6. The number of amides is 1. The third-order valence-electron chi connectivity index (χ3n) is 4.91. The normalized spacial score (nSPS) is 14.6. The Kier molecular flexibility index (Phi) is 5.77. The molecule has 1 aromatic heterocycles. The Balaban J connectivity index is 1.79. The van der Waals surface area contributed by atoms with Crippen molar-refractivity contribution < 1.29 is 23.5 Å². The summed E-state index contributed by atoms with van der Waals surface area (Å²) in [6.07, 6.45) is 2.00. The van der Waals surface area contributed by atoms with Gasteiger partial charge in [-0.1, -0.05) is 6.07 Å². The van der Waals surface area contributed by atoms with Crippen LogP contribution in [0.25, 0.3) is 0 Å². The van der Waals surface area contributed by atoms with Crippen LogP contribution in [0.3, 0.4) is 0 Å². The van der Waals surface area contributed by atoms with Gasteiger partial charge in [-0.2, -0.15) is 0 Å². The third kappa shape index (κ3) is 3.91. The molecule has 1 aliphatic carbocycles. The molecule has 150 valence electrons. The van der Waals surface area contributed by atoms with Crippen molar-refractivity contribution in [2.75, 3.05) is 7.11 Å². The maximum atomic E-state index is 12.8. The number of ether oxygens (including phenoxy) is 2. The first kappa shape index (κ1) is 20.0. The number of carbonyl (C=O) groups is 2. The van der Waals surface area contributed by atoms with E-state index in [1.807, 2.05) is 39.0 Å². The van der Waals surface area contributed by atoms with Crippen LogP contribution < -0.4 is 14.8 Å². The van der Waals surface area contributed by atoms with Crippen LogP contribution in [0, 0.1) is 6.92 Å². The summed E-state index contributed by atoms with van der Waals surface area (Å²) in [5.41, 5.74) is 2.09. The Morgan fingerprint density at radius 3 is 2.57 bits per heavy atom. The molecular weight excluding hydrogens is 358 g/mol. The molecule has 3 rings (SSSR count). The van der Waals surface area contributed by atoms with Crippen molar-refractivity contribution in [2.45, 2.75) is 59.1 Å². The molecule has 6 nitrogen and oxygen atoms in total. The van der Waals surface area contributed by atoms with Gasteiger partial charge in [-0.3, -0.25) is 9.59 Å². The quantitative estimate of drug-likeness (QED) is 0.798. The lowest BCUT2D eigenvalue weighted by molar-refractivity contribution is 0.0906. The molecule has 1 aliphatic rings. The zero-order valence-corrected chi connectivity index (χ0v) is 17.0. The number of aryl methyl sites for hydroxylation is 1. The lowest BCUT2D eigenvalue weighted by atomic mass is 9.94. The van der Waals surface area contributed by atoms with Crippen LogP contribution in [0.2, 0.25) is 0 Å². The maximum Gasteiger partial charge on any atom is 0.287 e. The van der Waals surface area contributed by atoms with Crippen LogP contribution in [-0.2, 0) is 6.42 Å². The van der Waals surface area contributed by atoms with E-state index in [1.165, 1.54) is 0 Å².